The van der Waals surface area contributed by atoms with Crippen molar-refractivity contribution in [3.8, 4) is 11.8 Å². The Morgan fingerprint density at radius 3 is 2.74 bits per heavy atom. The van der Waals surface area contributed by atoms with Gasteiger partial charge in [-0.05, 0) is 22.9 Å². The van der Waals surface area contributed by atoms with Gasteiger partial charge in [0, 0.05) is 13.0 Å². The van der Waals surface area contributed by atoms with E-state index in [1.807, 2.05) is 42.5 Å². The van der Waals surface area contributed by atoms with Crippen molar-refractivity contribution in [2.24, 2.45) is 0 Å². The van der Waals surface area contributed by atoms with Crippen LogP contribution in [0.15, 0.2) is 54.9 Å². The lowest BCUT2D eigenvalue weighted by Crippen LogP contribution is -2.34. The molecule has 6 nitrogen and oxygen atoms in total. The topological polar surface area (TPSA) is 64.5 Å². The summed E-state index contributed by atoms with van der Waals surface area (Å²) in [5.41, 5.74) is 0. The SMILES string of the molecule is O=C(COc1ccc2ccccc2c1)N1CC[C@@H](Oc2ncc(Cl)cn2)C1. The summed E-state index contributed by atoms with van der Waals surface area (Å²) < 4.78 is 11.4. The van der Waals surface area contributed by atoms with E-state index in [4.69, 9.17) is 21.1 Å². The van der Waals surface area contributed by atoms with Gasteiger partial charge in [0.1, 0.15) is 11.9 Å². The largest absolute Gasteiger partial charge is 0.484 e. The Morgan fingerprint density at radius 2 is 1.93 bits per heavy atom. The molecule has 0 unspecified atom stereocenters. The van der Waals surface area contributed by atoms with Gasteiger partial charge in [0.15, 0.2) is 6.61 Å². The molecule has 2 heterocycles. The second kappa shape index (κ2) is 7.80. The number of aromatic nitrogens is 2. The maximum atomic E-state index is 12.4. The number of ether oxygens (including phenoxy) is 2. The number of rotatable bonds is 5. The second-order valence-corrected chi connectivity index (χ2v) is 6.79. The van der Waals surface area contributed by atoms with E-state index in [9.17, 15) is 4.79 Å². The average molecular weight is 384 g/mol. The maximum Gasteiger partial charge on any atom is 0.316 e. The molecule has 0 saturated carbocycles. The Bertz CT molecular complexity index is 949. The van der Waals surface area contributed by atoms with Crippen LogP contribution < -0.4 is 9.47 Å². The fourth-order valence-corrected chi connectivity index (χ4v) is 3.15. The molecule has 4 rings (SSSR count). The van der Waals surface area contributed by atoms with Crippen molar-refractivity contribution >= 4 is 28.3 Å². The van der Waals surface area contributed by atoms with Crippen LogP contribution in [0, 0.1) is 0 Å². The highest BCUT2D eigenvalue weighted by molar-refractivity contribution is 6.30. The van der Waals surface area contributed by atoms with Crippen molar-refractivity contribution in [3.63, 3.8) is 0 Å². The first-order valence-corrected chi connectivity index (χ1v) is 9.09. The van der Waals surface area contributed by atoms with Crippen molar-refractivity contribution in [1.29, 1.82) is 0 Å². The number of halogens is 1. The molecule has 1 amide bonds. The molecule has 0 radical (unpaired) electrons. The minimum Gasteiger partial charge on any atom is -0.484 e. The van der Waals surface area contributed by atoms with Crippen LogP contribution >= 0.6 is 11.6 Å². The summed E-state index contributed by atoms with van der Waals surface area (Å²) >= 11 is 5.76. The van der Waals surface area contributed by atoms with E-state index >= 15 is 0 Å². The number of fused-ring (bicyclic) bond motifs is 1. The van der Waals surface area contributed by atoms with Crippen LogP contribution in [0.5, 0.6) is 11.8 Å². The molecule has 0 bridgehead atoms. The monoisotopic (exact) mass is 383 g/mol. The molecule has 1 aromatic heterocycles. The molecule has 1 saturated heterocycles. The first-order valence-electron chi connectivity index (χ1n) is 8.71. The summed E-state index contributed by atoms with van der Waals surface area (Å²) in [6.07, 6.45) is 3.57. The number of benzene rings is 2. The lowest BCUT2D eigenvalue weighted by atomic mass is 10.1. The Labute approximate surface area is 161 Å². The zero-order chi connectivity index (χ0) is 18.6. The lowest BCUT2D eigenvalue weighted by Gasteiger charge is -2.17. The Kier molecular flexibility index (Phi) is 5.07. The van der Waals surface area contributed by atoms with Crippen LogP contribution in [0.2, 0.25) is 5.02 Å². The summed E-state index contributed by atoms with van der Waals surface area (Å²) in [5.74, 6) is 0.620. The van der Waals surface area contributed by atoms with Gasteiger partial charge in [0.25, 0.3) is 5.91 Å². The van der Waals surface area contributed by atoms with Crippen molar-refractivity contribution in [1.82, 2.24) is 14.9 Å². The second-order valence-electron chi connectivity index (χ2n) is 6.35. The third kappa shape index (κ3) is 4.28. The van der Waals surface area contributed by atoms with Gasteiger partial charge in [-0.2, -0.15) is 0 Å². The number of nitrogens with zero attached hydrogens (tertiary/aromatic N) is 3. The summed E-state index contributed by atoms with van der Waals surface area (Å²) in [6, 6.07) is 14.1. The van der Waals surface area contributed by atoms with E-state index in [1.54, 1.807) is 4.90 Å². The molecule has 0 N–H and O–H groups in total. The smallest absolute Gasteiger partial charge is 0.316 e. The molecule has 3 aromatic rings. The molecule has 0 spiro atoms. The van der Waals surface area contributed by atoms with Crippen LogP contribution in [0.25, 0.3) is 10.8 Å². The van der Waals surface area contributed by atoms with Crippen molar-refractivity contribution in [2.45, 2.75) is 12.5 Å². The fraction of sp³-hybridized carbons (Fsp3) is 0.250. The van der Waals surface area contributed by atoms with Crippen LogP contribution in [0.4, 0.5) is 0 Å². The zero-order valence-corrected chi connectivity index (χ0v) is 15.3. The van der Waals surface area contributed by atoms with E-state index in [-0.39, 0.29) is 24.6 Å². The van der Waals surface area contributed by atoms with E-state index < -0.39 is 0 Å². The molecular formula is C20H18ClN3O3. The van der Waals surface area contributed by atoms with Gasteiger partial charge >= 0.3 is 6.01 Å². The predicted octanol–water partition coefficient (Wildman–Crippen LogP) is 3.34. The van der Waals surface area contributed by atoms with Crippen LogP contribution in [-0.2, 0) is 4.79 Å². The van der Waals surface area contributed by atoms with E-state index in [0.717, 1.165) is 17.2 Å². The van der Waals surface area contributed by atoms with Gasteiger partial charge < -0.3 is 14.4 Å². The standard InChI is InChI=1S/C20H18ClN3O3/c21-16-10-22-20(23-11-16)27-18-7-8-24(12-18)19(25)13-26-17-6-5-14-3-1-2-4-15(14)9-17/h1-6,9-11,18H,7-8,12-13H2/t18-/m1/s1. The van der Waals surface area contributed by atoms with Crippen molar-refractivity contribution in [3.05, 3.63) is 59.9 Å². The summed E-state index contributed by atoms with van der Waals surface area (Å²) in [5, 5.41) is 2.68. The molecular weight excluding hydrogens is 366 g/mol. The first kappa shape index (κ1) is 17.5. The molecule has 2 aromatic carbocycles. The molecule has 1 fully saturated rings. The van der Waals surface area contributed by atoms with Gasteiger partial charge in [-0.3, -0.25) is 4.79 Å². The van der Waals surface area contributed by atoms with E-state index in [1.165, 1.54) is 12.4 Å². The van der Waals surface area contributed by atoms with Crippen LogP contribution in [-0.4, -0.2) is 46.6 Å². The van der Waals surface area contributed by atoms with Gasteiger partial charge in [-0.25, -0.2) is 9.97 Å². The molecule has 27 heavy (non-hydrogen) atoms. The number of carbonyl (C=O) groups excluding carboxylic acids is 1. The molecule has 1 aliphatic heterocycles. The third-order valence-electron chi connectivity index (χ3n) is 4.45. The van der Waals surface area contributed by atoms with Crippen LogP contribution in [0.1, 0.15) is 6.42 Å². The number of hydrogen-bond donors (Lipinski definition) is 0. The predicted molar refractivity (Wildman–Crippen MR) is 102 cm³/mol. The third-order valence-corrected chi connectivity index (χ3v) is 4.64. The summed E-state index contributed by atoms with van der Waals surface area (Å²) in [4.78, 5) is 22.2. The van der Waals surface area contributed by atoms with Gasteiger partial charge in [0.05, 0.1) is 24.0 Å². The van der Waals surface area contributed by atoms with Crippen molar-refractivity contribution < 1.29 is 14.3 Å². The molecule has 0 aliphatic carbocycles. The minimum absolute atomic E-state index is 0.00249. The first-order chi connectivity index (χ1) is 13.2. The van der Waals surface area contributed by atoms with Gasteiger partial charge in [-0.1, -0.05) is 41.9 Å². The Morgan fingerprint density at radius 1 is 1.15 bits per heavy atom. The summed E-state index contributed by atoms with van der Waals surface area (Å²) in [6.45, 7) is 1.12. The normalized spacial score (nSPS) is 16.5. The average Bonchev–Trinajstić information content (AvgIpc) is 3.16. The van der Waals surface area contributed by atoms with Gasteiger partial charge in [0.2, 0.25) is 0 Å². The van der Waals surface area contributed by atoms with Gasteiger partial charge in [-0.15, -0.1) is 0 Å². The Hall–Kier alpha value is -2.86. The number of amides is 1. The molecule has 7 heteroatoms. The fourth-order valence-electron chi connectivity index (χ4n) is 3.05. The highest BCUT2D eigenvalue weighted by atomic mass is 35.5. The quantitative estimate of drug-likeness (QED) is 0.676. The van der Waals surface area contributed by atoms with E-state index in [2.05, 4.69) is 9.97 Å². The lowest BCUT2D eigenvalue weighted by molar-refractivity contribution is -0.132. The Balaban J connectivity index is 1.30. The molecule has 138 valence electrons. The maximum absolute atomic E-state index is 12.4. The number of carbonyl (C=O) groups is 1. The molecule has 1 aliphatic rings. The molecule has 1 atom stereocenters. The number of likely N-dealkylation sites (tertiary alicyclic amines) is 1. The minimum atomic E-state index is -0.129. The number of hydrogen-bond acceptors (Lipinski definition) is 5. The zero-order valence-electron chi connectivity index (χ0n) is 14.5. The summed E-state index contributed by atoms with van der Waals surface area (Å²) in [7, 11) is 0. The van der Waals surface area contributed by atoms with Crippen molar-refractivity contribution in [2.75, 3.05) is 19.7 Å². The highest BCUT2D eigenvalue weighted by Gasteiger charge is 2.28. The van der Waals surface area contributed by atoms with Crippen LogP contribution in [0.3, 0.4) is 0 Å². The highest BCUT2D eigenvalue weighted by Crippen LogP contribution is 2.21. The van der Waals surface area contributed by atoms with E-state index in [0.29, 0.717) is 23.9 Å².